The summed E-state index contributed by atoms with van der Waals surface area (Å²) in [7, 11) is 0. The average molecular weight is 253 g/mol. The van der Waals surface area contributed by atoms with Crippen molar-refractivity contribution in [3.63, 3.8) is 0 Å². The highest BCUT2D eigenvalue weighted by atomic mass is 32.2. The van der Waals surface area contributed by atoms with Crippen LogP contribution in [-0.2, 0) is 6.54 Å². The third kappa shape index (κ3) is 2.68. The second kappa shape index (κ2) is 5.17. The summed E-state index contributed by atoms with van der Waals surface area (Å²) in [6, 6.07) is 1.79. The molecule has 17 heavy (non-hydrogen) atoms. The van der Waals surface area contributed by atoms with E-state index in [1.54, 1.807) is 6.07 Å². The molecule has 1 fully saturated rings. The van der Waals surface area contributed by atoms with Gasteiger partial charge in [-0.3, -0.25) is 0 Å². The van der Waals surface area contributed by atoms with E-state index in [0.29, 0.717) is 11.5 Å². The summed E-state index contributed by atoms with van der Waals surface area (Å²) >= 11 is 2.02. The zero-order valence-corrected chi connectivity index (χ0v) is 11.2. The van der Waals surface area contributed by atoms with E-state index in [2.05, 4.69) is 4.57 Å². The number of thioether (sulfide) groups is 1. The van der Waals surface area contributed by atoms with Crippen LogP contribution in [0.25, 0.3) is 0 Å². The van der Waals surface area contributed by atoms with E-state index < -0.39 is 5.97 Å². The number of aromatic carboxylic acids is 1. The van der Waals surface area contributed by atoms with E-state index in [-0.39, 0.29) is 0 Å². The van der Waals surface area contributed by atoms with Gasteiger partial charge in [-0.15, -0.1) is 0 Å². The van der Waals surface area contributed by atoms with E-state index in [9.17, 15) is 4.79 Å². The van der Waals surface area contributed by atoms with Crippen molar-refractivity contribution in [2.75, 3.05) is 11.5 Å². The number of carboxylic acid groups (broad SMARTS) is 1. The molecule has 1 saturated heterocycles. The summed E-state index contributed by atoms with van der Waals surface area (Å²) in [5.74, 6) is 2.39. The third-order valence-electron chi connectivity index (χ3n) is 3.59. The lowest BCUT2D eigenvalue weighted by Gasteiger charge is -2.23. The van der Waals surface area contributed by atoms with Gasteiger partial charge in [0.1, 0.15) is 0 Å². The molecule has 0 spiro atoms. The summed E-state index contributed by atoms with van der Waals surface area (Å²) in [4.78, 5) is 11.1. The van der Waals surface area contributed by atoms with Gasteiger partial charge in [-0.2, -0.15) is 11.8 Å². The van der Waals surface area contributed by atoms with Gasteiger partial charge < -0.3 is 9.67 Å². The number of rotatable bonds is 3. The minimum atomic E-state index is -0.816. The molecule has 1 aliphatic heterocycles. The minimum absolute atomic E-state index is 0.452. The summed E-state index contributed by atoms with van der Waals surface area (Å²) in [6.45, 7) is 4.89. The lowest BCUT2D eigenvalue weighted by Crippen LogP contribution is -2.18. The van der Waals surface area contributed by atoms with Crippen LogP contribution in [0.15, 0.2) is 6.07 Å². The van der Waals surface area contributed by atoms with E-state index in [0.717, 1.165) is 17.9 Å². The summed E-state index contributed by atoms with van der Waals surface area (Å²) in [5, 5.41) is 9.09. The molecule has 3 nitrogen and oxygen atoms in total. The Morgan fingerprint density at radius 1 is 1.47 bits per heavy atom. The highest BCUT2D eigenvalue weighted by Gasteiger charge is 2.19. The van der Waals surface area contributed by atoms with Crippen LogP contribution < -0.4 is 0 Å². The first kappa shape index (κ1) is 12.6. The SMILES string of the molecule is Cc1cc(C(=O)O)c(C)n1CC1CCSCC1. The molecular weight excluding hydrogens is 234 g/mol. The molecule has 0 atom stereocenters. The largest absolute Gasteiger partial charge is 0.478 e. The van der Waals surface area contributed by atoms with Crippen LogP contribution in [-0.4, -0.2) is 27.1 Å². The molecule has 0 bridgehead atoms. The fourth-order valence-electron chi connectivity index (χ4n) is 2.49. The third-order valence-corrected chi connectivity index (χ3v) is 4.63. The van der Waals surface area contributed by atoms with Gasteiger partial charge in [0.2, 0.25) is 0 Å². The topological polar surface area (TPSA) is 42.2 Å². The molecule has 1 aromatic rings. The lowest BCUT2D eigenvalue weighted by molar-refractivity contribution is 0.0696. The van der Waals surface area contributed by atoms with Crippen molar-refractivity contribution in [2.24, 2.45) is 5.92 Å². The number of carboxylic acids is 1. The second-order valence-electron chi connectivity index (χ2n) is 4.76. The number of hydrogen-bond acceptors (Lipinski definition) is 2. The standard InChI is InChI=1S/C13H19NO2S/c1-9-7-12(13(15)16)10(2)14(9)8-11-3-5-17-6-4-11/h7,11H,3-6,8H2,1-2H3,(H,15,16). The van der Waals surface area contributed by atoms with Crippen molar-refractivity contribution in [1.82, 2.24) is 4.57 Å². The van der Waals surface area contributed by atoms with Gasteiger partial charge in [-0.1, -0.05) is 0 Å². The predicted molar refractivity (Wildman–Crippen MR) is 70.9 cm³/mol. The first-order valence-electron chi connectivity index (χ1n) is 6.07. The van der Waals surface area contributed by atoms with Crippen molar-refractivity contribution in [3.05, 3.63) is 23.0 Å². The van der Waals surface area contributed by atoms with Crippen molar-refractivity contribution < 1.29 is 9.90 Å². The van der Waals surface area contributed by atoms with Crippen molar-refractivity contribution in [3.8, 4) is 0 Å². The fraction of sp³-hybridized carbons (Fsp3) is 0.615. The molecule has 0 saturated carbocycles. The van der Waals surface area contributed by atoms with Crippen LogP contribution in [0, 0.1) is 19.8 Å². The van der Waals surface area contributed by atoms with Crippen molar-refractivity contribution >= 4 is 17.7 Å². The summed E-state index contributed by atoms with van der Waals surface area (Å²) in [5.41, 5.74) is 2.42. The van der Waals surface area contributed by atoms with Gasteiger partial charge in [0, 0.05) is 17.9 Å². The molecule has 0 radical (unpaired) electrons. The molecule has 1 N–H and O–H groups in total. The Morgan fingerprint density at radius 3 is 2.65 bits per heavy atom. The monoisotopic (exact) mass is 253 g/mol. The Kier molecular flexibility index (Phi) is 3.82. The van der Waals surface area contributed by atoms with E-state index >= 15 is 0 Å². The maximum absolute atomic E-state index is 11.1. The molecule has 1 aromatic heterocycles. The quantitative estimate of drug-likeness (QED) is 0.900. The normalized spacial score (nSPS) is 17.3. The lowest BCUT2D eigenvalue weighted by atomic mass is 10.0. The number of hydrogen-bond donors (Lipinski definition) is 1. The zero-order valence-electron chi connectivity index (χ0n) is 10.4. The molecule has 0 aliphatic carbocycles. The molecule has 94 valence electrons. The highest BCUT2D eigenvalue weighted by molar-refractivity contribution is 7.99. The Morgan fingerprint density at radius 2 is 2.12 bits per heavy atom. The smallest absolute Gasteiger partial charge is 0.337 e. The first-order valence-corrected chi connectivity index (χ1v) is 7.23. The van der Waals surface area contributed by atoms with Gasteiger partial charge in [0.15, 0.2) is 0 Å². The second-order valence-corrected chi connectivity index (χ2v) is 5.98. The molecule has 0 unspecified atom stereocenters. The van der Waals surface area contributed by atoms with E-state index in [1.807, 2.05) is 25.6 Å². The van der Waals surface area contributed by atoms with Crippen LogP contribution in [0.4, 0.5) is 0 Å². The average Bonchev–Trinajstić information content (AvgIpc) is 2.58. The van der Waals surface area contributed by atoms with Gasteiger partial charge in [0.25, 0.3) is 0 Å². The van der Waals surface area contributed by atoms with Gasteiger partial charge in [-0.05, 0) is 50.2 Å². The number of aromatic nitrogens is 1. The Labute approximate surface area is 106 Å². The predicted octanol–water partition coefficient (Wildman–Crippen LogP) is 2.95. The van der Waals surface area contributed by atoms with Gasteiger partial charge in [0.05, 0.1) is 5.56 Å². The molecule has 0 amide bonds. The van der Waals surface area contributed by atoms with E-state index in [1.165, 1.54) is 24.3 Å². The molecule has 2 heterocycles. The number of carbonyl (C=O) groups is 1. The first-order chi connectivity index (χ1) is 8.09. The molecule has 2 rings (SSSR count). The highest BCUT2D eigenvalue weighted by Crippen LogP contribution is 2.26. The van der Waals surface area contributed by atoms with Crippen LogP contribution in [0.3, 0.4) is 0 Å². The number of nitrogens with zero attached hydrogens (tertiary/aromatic N) is 1. The van der Waals surface area contributed by atoms with Crippen molar-refractivity contribution in [1.29, 1.82) is 0 Å². The van der Waals surface area contributed by atoms with Gasteiger partial charge >= 0.3 is 5.97 Å². The minimum Gasteiger partial charge on any atom is -0.478 e. The van der Waals surface area contributed by atoms with Crippen LogP contribution in [0.1, 0.15) is 34.6 Å². The van der Waals surface area contributed by atoms with Crippen LogP contribution >= 0.6 is 11.8 Å². The molecular formula is C13H19NO2S. The maximum atomic E-state index is 11.1. The summed E-state index contributed by atoms with van der Waals surface area (Å²) < 4.78 is 2.17. The zero-order chi connectivity index (χ0) is 12.4. The Balaban J connectivity index is 2.17. The van der Waals surface area contributed by atoms with E-state index in [4.69, 9.17) is 5.11 Å². The maximum Gasteiger partial charge on any atom is 0.337 e. The van der Waals surface area contributed by atoms with Gasteiger partial charge in [-0.25, -0.2) is 4.79 Å². The fourth-order valence-corrected chi connectivity index (χ4v) is 3.69. The Bertz CT molecular complexity index is 419. The molecule has 1 aliphatic rings. The van der Waals surface area contributed by atoms with Crippen LogP contribution in [0.2, 0.25) is 0 Å². The molecule has 4 heteroatoms. The van der Waals surface area contributed by atoms with Crippen LogP contribution in [0.5, 0.6) is 0 Å². The Hall–Kier alpha value is -0.900. The number of aryl methyl sites for hydroxylation is 1. The summed E-state index contributed by atoms with van der Waals surface area (Å²) in [6.07, 6.45) is 2.51. The van der Waals surface area contributed by atoms with Crippen molar-refractivity contribution in [2.45, 2.75) is 33.2 Å². The molecule has 0 aromatic carbocycles.